The van der Waals surface area contributed by atoms with Crippen molar-refractivity contribution in [3.8, 4) is 0 Å². The van der Waals surface area contributed by atoms with Crippen molar-refractivity contribution in [3.05, 3.63) is 36.2 Å². The summed E-state index contributed by atoms with van der Waals surface area (Å²) in [6.07, 6.45) is 3.62. The third kappa shape index (κ3) is 3.17. The van der Waals surface area contributed by atoms with Gasteiger partial charge in [0.1, 0.15) is 4.90 Å². The van der Waals surface area contributed by atoms with E-state index in [1.165, 1.54) is 20.2 Å². The Kier molecular flexibility index (Phi) is 4.19. The molecule has 0 atom stereocenters. The van der Waals surface area contributed by atoms with Gasteiger partial charge in [-0.15, -0.1) is 0 Å². The van der Waals surface area contributed by atoms with Gasteiger partial charge < -0.3 is 11.1 Å². The molecule has 0 aliphatic carbocycles. The number of nitrogen functional groups attached to an aromatic ring is 1. The van der Waals surface area contributed by atoms with E-state index in [1.54, 1.807) is 23.0 Å². The molecule has 0 spiro atoms. The molecule has 2 rings (SSSR count). The summed E-state index contributed by atoms with van der Waals surface area (Å²) in [6.45, 7) is 0.517. The normalized spacial score (nSPS) is 11.8. The Balaban J connectivity index is 2.26. The molecule has 1 heterocycles. The highest BCUT2D eigenvalue weighted by Gasteiger charge is 2.21. The van der Waals surface area contributed by atoms with E-state index in [2.05, 4.69) is 10.4 Å². The Labute approximate surface area is 124 Å². The summed E-state index contributed by atoms with van der Waals surface area (Å²) in [5.74, 6) is 0. The summed E-state index contributed by atoms with van der Waals surface area (Å²) in [4.78, 5) is 0.101. The van der Waals surface area contributed by atoms with Crippen LogP contribution in [0.15, 0.2) is 35.5 Å². The highest BCUT2D eigenvalue weighted by molar-refractivity contribution is 7.89. The van der Waals surface area contributed by atoms with Crippen molar-refractivity contribution >= 4 is 21.4 Å². The third-order valence-electron chi connectivity index (χ3n) is 3.07. The SMILES string of the molecule is CN(C)S(=O)(=O)c1cccc(NCc2cnn(C)c2)c1N. The van der Waals surface area contributed by atoms with Crippen molar-refractivity contribution < 1.29 is 8.42 Å². The van der Waals surface area contributed by atoms with Crippen molar-refractivity contribution in [2.45, 2.75) is 11.4 Å². The zero-order chi connectivity index (χ0) is 15.6. The number of nitrogens with zero attached hydrogens (tertiary/aromatic N) is 3. The Hall–Kier alpha value is -2.06. The van der Waals surface area contributed by atoms with E-state index >= 15 is 0 Å². The van der Waals surface area contributed by atoms with E-state index in [4.69, 9.17) is 5.73 Å². The number of hydrogen-bond acceptors (Lipinski definition) is 5. The Bertz CT molecular complexity index is 737. The van der Waals surface area contributed by atoms with Crippen LogP contribution in [0.5, 0.6) is 0 Å². The van der Waals surface area contributed by atoms with Crippen LogP contribution in [-0.2, 0) is 23.6 Å². The van der Waals surface area contributed by atoms with E-state index in [0.29, 0.717) is 12.2 Å². The zero-order valence-corrected chi connectivity index (χ0v) is 13.1. The van der Waals surface area contributed by atoms with Crippen molar-refractivity contribution in [2.24, 2.45) is 7.05 Å². The molecule has 8 heteroatoms. The fourth-order valence-electron chi connectivity index (χ4n) is 1.88. The first-order chi connectivity index (χ1) is 9.82. The molecule has 0 aliphatic rings. The number of aryl methyl sites for hydroxylation is 1. The monoisotopic (exact) mass is 309 g/mol. The second-order valence-electron chi connectivity index (χ2n) is 4.88. The molecular formula is C13H19N5O2S. The van der Waals surface area contributed by atoms with Gasteiger partial charge >= 0.3 is 0 Å². The van der Waals surface area contributed by atoms with Gasteiger partial charge in [0.05, 0.1) is 17.6 Å². The highest BCUT2D eigenvalue weighted by Crippen LogP contribution is 2.28. The second-order valence-corrected chi connectivity index (χ2v) is 7.00. The molecule has 0 unspecified atom stereocenters. The topological polar surface area (TPSA) is 93.2 Å². The molecule has 7 nitrogen and oxygen atoms in total. The lowest BCUT2D eigenvalue weighted by Gasteiger charge is -2.16. The second kappa shape index (κ2) is 5.74. The summed E-state index contributed by atoms with van der Waals surface area (Å²) in [5, 5.41) is 7.21. The smallest absolute Gasteiger partial charge is 0.244 e. The summed E-state index contributed by atoms with van der Waals surface area (Å²) in [6, 6.07) is 4.92. The molecule has 0 saturated carbocycles. The van der Waals surface area contributed by atoms with Crippen LogP contribution < -0.4 is 11.1 Å². The molecule has 0 amide bonds. The van der Waals surface area contributed by atoms with Gasteiger partial charge in [0.15, 0.2) is 0 Å². The van der Waals surface area contributed by atoms with Crippen LogP contribution in [0.25, 0.3) is 0 Å². The zero-order valence-electron chi connectivity index (χ0n) is 12.2. The van der Waals surface area contributed by atoms with Gasteiger partial charge in [-0.2, -0.15) is 5.10 Å². The number of benzene rings is 1. The predicted octanol–water partition coefficient (Wildman–Crippen LogP) is 0.865. The first kappa shape index (κ1) is 15.3. The molecule has 21 heavy (non-hydrogen) atoms. The minimum atomic E-state index is -3.56. The fourth-order valence-corrected chi connectivity index (χ4v) is 2.91. The average molecular weight is 309 g/mol. The number of nitrogens with two attached hydrogens (primary N) is 1. The molecule has 0 bridgehead atoms. The van der Waals surface area contributed by atoms with Crippen LogP contribution >= 0.6 is 0 Å². The maximum atomic E-state index is 12.2. The van der Waals surface area contributed by atoms with Gasteiger partial charge in [-0.1, -0.05) is 6.07 Å². The number of para-hydroxylation sites is 1. The molecule has 0 aliphatic heterocycles. The van der Waals surface area contributed by atoms with Gasteiger partial charge in [0, 0.05) is 39.4 Å². The van der Waals surface area contributed by atoms with Crippen LogP contribution in [0.2, 0.25) is 0 Å². The first-order valence-electron chi connectivity index (χ1n) is 6.35. The van der Waals surface area contributed by atoms with Crippen LogP contribution in [0.1, 0.15) is 5.56 Å². The number of sulfonamides is 1. The quantitative estimate of drug-likeness (QED) is 0.799. The number of nitrogens with one attached hydrogen (secondary N) is 1. The lowest BCUT2D eigenvalue weighted by atomic mass is 10.2. The third-order valence-corrected chi connectivity index (χ3v) is 4.94. The number of anilines is 2. The summed E-state index contributed by atoms with van der Waals surface area (Å²) >= 11 is 0. The first-order valence-corrected chi connectivity index (χ1v) is 7.79. The van der Waals surface area contributed by atoms with Crippen molar-refractivity contribution in [3.63, 3.8) is 0 Å². The Morgan fingerprint density at radius 3 is 2.67 bits per heavy atom. The molecular weight excluding hydrogens is 290 g/mol. The largest absolute Gasteiger partial charge is 0.396 e. The van der Waals surface area contributed by atoms with E-state index < -0.39 is 10.0 Å². The molecule has 1 aromatic heterocycles. The maximum absolute atomic E-state index is 12.2. The van der Waals surface area contributed by atoms with Gasteiger partial charge in [-0.3, -0.25) is 4.68 Å². The highest BCUT2D eigenvalue weighted by atomic mass is 32.2. The van der Waals surface area contributed by atoms with Gasteiger partial charge in [-0.05, 0) is 12.1 Å². The van der Waals surface area contributed by atoms with Gasteiger partial charge in [0.25, 0.3) is 0 Å². The van der Waals surface area contributed by atoms with Gasteiger partial charge in [0.2, 0.25) is 10.0 Å². The predicted molar refractivity (Wildman–Crippen MR) is 82.3 cm³/mol. The van der Waals surface area contributed by atoms with Crippen LogP contribution in [0.3, 0.4) is 0 Å². The van der Waals surface area contributed by atoms with Crippen molar-refractivity contribution in [1.82, 2.24) is 14.1 Å². The van der Waals surface area contributed by atoms with Crippen LogP contribution in [0, 0.1) is 0 Å². The molecule has 3 N–H and O–H groups in total. The van der Waals surface area contributed by atoms with Crippen molar-refractivity contribution in [1.29, 1.82) is 0 Å². The van der Waals surface area contributed by atoms with E-state index in [-0.39, 0.29) is 10.6 Å². The number of aromatic nitrogens is 2. The van der Waals surface area contributed by atoms with E-state index in [9.17, 15) is 8.42 Å². The molecule has 2 aromatic rings. The molecule has 114 valence electrons. The van der Waals surface area contributed by atoms with E-state index in [1.807, 2.05) is 13.2 Å². The lowest BCUT2D eigenvalue weighted by molar-refractivity contribution is 0.521. The molecule has 0 saturated heterocycles. The van der Waals surface area contributed by atoms with Crippen molar-refractivity contribution in [2.75, 3.05) is 25.1 Å². The Morgan fingerprint density at radius 2 is 2.10 bits per heavy atom. The summed E-state index contributed by atoms with van der Waals surface area (Å²) < 4.78 is 27.2. The summed E-state index contributed by atoms with van der Waals surface area (Å²) in [5.41, 5.74) is 7.77. The standard InChI is InChI=1S/C13H19N5O2S/c1-17(2)21(19,20)12-6-4-5-11(13(12)14)15-7-10-8-16-18(3)9-10/h4-6,8-9,15H,7,14H2,1-3H3. The van der Waals surface area contributed by atoms with Gasteiger partial charge in [-0.25, -0.2) is 12.7 Å². The average Bonchev–Trinajstić information content (AvgIpc) is 2.83. The lowest BCUT2D eigenvalue weighted by Crippen LogP contribution is -2.23. The molecule has 1 aromatic carbocycles. The molecule has 0 fully saturated rings. The summed E-state index contributed by atoms with van der Waals surface area (Å²) in [7, 11) is 1.23. The maximum Gasteiger partial charge on any atom is 0.244 e. The fraction of sp³-hybridized carbons (Fsp3) is 0.308. The minimum absolute atomic E-state index is 0.101. The van der Waals surface area contributed by atoms with E-state index in [0.717, 1.165) is 9.87 Å². The van der Waals surface area contributed by atoms with Crippen LogP contribution in [0.4, 0.5) is 11.4 Å². The Morgan fingerprint density at radius 1 is 1.38 bits per heavy atom. The number of rotatable bonds is 5. The minimum Gasteiger partial charge on any atom is -0.396 e. The van der Waals surface area contributed by atoms with Crippen LogP contribution in [-0.4, -0.2) is 36.6 Å². The number of hydrogen-bond donors (Lipinski definition) is 2. The molecule has 0 radical (unpaired) electrons.